The molecule has 0 rings (SSSR count). The molecule has 0 amide bonds. The van der Waals surface area contributed by atoms with Crippen molar-refractivity contribution in [3.8, 4) is 0 Å². The van der Waals surface area contributed by atoms with E-state index in [1.54, 1.807) is 0 Å². The summed E-state index contributed by atoms with van der Waals surface area (Å²) in [6.45, 7) is 9.18. The van der Waals surface area contributed by atoms with Crippen LogP contribution < -0.4 is 0 Å². The highest BCUT2D eigenvalue weighted by atomic mass is 33.1. The van der Waals surface area contributed by atoms with Gasteiger partial charge < -0.3 is 8.85 Å². The van der Waals surface area contributed by atoms with Crippen LogP contribution in [0.2, 0.25) is 38.3 Å². The van der Waals surface area contributed by atoms with E-state index in [9.17, 15) is 0 Å². The molecule has 0 aliphatic carbocycles. The van der Waals surface area contributed by atoms with Crippen LogP contribution in [0.25, 0.3) is 0 Å². The Balaban J connectivity index is 3.32. The minimum Gasteiger partial charge on any atom is -0.420 e. The van der Waals surface area contributed by atoms with Gasteiger partial charge in [0.05, 0.1) is 0 Å². The van der Waals surface area contributed by atoms with Crippen LogP contribution >= 0.6 is 21.6 Å². The Kier molecular flexibility index (Phi) is 10.5. The Labute approximate surface area is 124 Å². The van der Waals surface area contributed by atoms with Crippen LogP contribution in [0.5, 0.6) is 0 Å². The molecule has 0 spiro atoms. The van der Waals surface area contributed by atoms with Crippen molar-refractivity contribution in [1.82, 2.24) is 0 Å². The second-order valence-corrected chi connectivity index (χ2v) is 17.3. The molecule has 0 aromatic rings. The molecule has 0 fully saturated rings. The summed E-state index contributed by atoms with van der Waals surface area (Å²) in [5.41, 5.74) is 0. The lowest BCUT2D eigenvalue weighted by molar-refractivity contribution is 0.402. The molecule has 0 aromatic carbocycles. The van der Waals surface area contributed by atoms with E-state index in [0.29, 0.717) is 0 Å². The van der Waals surface area contributed by atoms with E-state index in [-0.39, 0.29) is 0 Å². The van der Waals surface area contributed by atoms with Gasteiger partial charge in [-0.2, -0.15) is 0 Å². The minimum atomic E-state index is -1.32. The standard InChI is InChI=1S/C12H30O2S2Si2/c1-13-17(3,4)11-7-9-15-16-10-8-12-18(5,6)14-2/h7-12H2,1-6H3. The lowest BCUT2D eigenvalue weighted by Crippen LogP contribution is -2.28. The molecule has 18 heavy (non-hydrogen) atoms. The van der Waals surface area contributed by atoms with E-state index in [0.717, 1.165) is 0 Å². The Hall–Kier alpha value is 1.05. The zero-order chi connectivity index (χ0) is 14.1. The summed E-state index contributed by atoms with van der Waals surface area (Å²) < 4.78 is 11.1. The molecular formula is C12H30O2S2Si2. The summed E-state index contributed by atoms with van der Waals surface area (Å²) in [4.78, 5) is 0. The van der Waals surface area contributed by atoms with Crippen LogP contribution in [0.4, 0.5) is 0 Å². The van der Waals surface area contributed by atoms with Gasteiger partial charge in [0.2, 0.25) is 0 Å². The van der Waals surface area contributed by atoms with E-state index in [1.807, 2.05) is 35.8 Å². The quantitative estimate of drug-likeness (QED) is 0.307. The maximum Gasteiger partial charge on any atom is 0.186 e. The maximum atomic E-state index is 5.55. The SMILES string of the molecule is CO[Si](C)(C)CCCSSCCC[Si](C)(C)OC. The first-order valence-electron chi connectivity index (χ1n) is 6.68. The van der Waals surface area contributed by atoms with Crippen molar-refractivity contribution in [2.75, 3.05) is 25.7 Å². The smallest absolute Gasteiger partial charge is 0.186 e. The first-order chi connectivity index (χ1) is 8.33. The van der Waals surface area contributed by atoms with Crippen LogP contribution in [0.3, 0.4) is 0 Å². The molecule has 0 atom stereocenters. The van der Waals surface area contributed by atoms with Gasteiger partial charge in [0, 0.05) is 25.7 Å². The van der Waals surface area contributed by atoms with Crippen LogP contribution in [-0.4, -0.2) is 42.4 Å². The molecule has 0 saturated carbocycles. The molecule has 0 radical (unpaired) electrons. The third kappa shape index (κ3) is 10.9. The molecule has 110 valence electrons. The lowest BCUT2D eigenvalue weighted by atomic mass is 10.6. The van der Waals surface area contributed by atoms with Crippen LogP contribution in [0.15, 0.2) is 0 Å². The van der Waals surface area contributed by atoms with E-state index in [1.165, 1.54) is 36.4 Å². The van der Waals surface area contributed by atoms with Crippen molar-refractivity contribution in [1.29, 1.82) is 0 Å². The van der Waals surface area contributed by atoms with Crippen molar-refractivity contribution < 1.29 is 8.85 Å². The molecule has 0 bridgehead atoms. The third-order valence-electron chi connectivity index (χ3n) is 3.20. The monoisotopic (exact) mass is 326 g/mol. The largest absolute Gasteiger partial charge is 0.420 e. The summed E-state index contributed by atoms with van der Waals surface area (Å²) in [6, 6.07) is 2.56. The first kappa shape index (κ1) is 19.1. The van der Waals surface area contributed by atoms with Gasteiger partial charge in [0.25, 0.3) is 0 Å². The molecule has 0 aromatic heterocycles. The Bertz CT molecular complexity index is 192. The predicted octanol–water partition coefficient (Wildman–Crippen LogP) is 4.85. The van der Waals surface area contributed by atoms with Gasteiger partial charge in [-0.3, -0.25) is 0 Å². The zero-order valence-corrected chi connectivity index (χ0v) is 16.5. The maximum absolute atomic E-state index is 5.55. The molecule has 2 nitrogen and oxygen atoms in total. The fourth-order valence-electron chi connectivity index (χ4n) is 1.44. The summed E-state index contributed by atoms with van der Waals surface area (Å²) >= 11 is 0. The lowest BCUT2D eigenvalue weighted by Gasteiger charge is -2.19. The van der Waals surface area contributed by atoms with Crippen molar-refractivity contribution in [2.45, 2.75) is 51.1 Å². The fourth-order valence-corrected chi connectivity index (χ4v) is 6.59. The van der Waals surface area contributed by atoms with Gasteiger partial charge in [0.1, 0.15) is 0 Å². The van der Waals surface area contributed by atoms with Crippen molar-refractivity contribution >= 4 is 38.2 Å². The topological polar surface area (TPSA) is 18.5 Å². The molecule has 0 aliphatic heterocycles. The van der Waals surface area contributed by atoms with Crippen LogP contribution in [0, 0.1) is 0 Å². The molecule has 6 heteroatoms. The molecule has 0 N–H and O–H groups in total. The van der Waals surface area contributed by atoms with Gasteiger partial charge in [-0.25, -0.2) is 0 Å². The summed E-state index contributed by atoms with van der Waals surface area (Å²) in [5.74, 6) is 2.52. The highest BCUT2D eigenvalue weighted by Crippen LogP contribution is 2.26. The highest BCUT2D eigenvalue weighted by molar-refractivity contribution is 8.76. The van der Waals surface area contributed by atoms with Gasteiger partial charge in [0.15, 0.2) is 16.6 Å². The zero-order valence-electron chi connectivity index (χ0n) is 12.9. The normalized spacial score (nSPS) is 13.0. The van der Waals surface area contributed by atoms with Crippen LogP contribution in [0.1, 0.15) is 12.8 Å². The van der Waals surface area contributed by atoms with Gasteiger partial charge >= 0.3 is 0 Å². The van der Waals surface area contributed by atoms with E-state index < -0.39 is 16.6 Å². The Morgan fingerprint density at radius 2 is 1.06 bits per heavy atom. The van der Waals surface area contributed by atoms with E-state index in [4.69, 9.17) is 8.85 Å². The van der Waals surface area contributed by atoms with Gasteiger partial charge in [-0.05, 0) is 51.1 Å². The molecule has 0 unspecified atom stereocenters. The second-order valence-electron chi connectivity index (χ2n) is 5.78. The highest BCUT2D eigenvalue weighted by Gasteiger charge is 2.20. The number of rotatable bonds is 11. The van der Waals surface area contributed by atoms with Gasteiger partial charge in [-0.15, -0.1) is 0 Å². The predicted molar refractivity (Wildman–Crippen MR) is 92.7 cm³/mol. The Morgan fingerprint density at radius 3 is 1.33 bits per heavy atom. The van der Waals surface area contributed by atoms with E-state index >= 15 is 0 Å². The summed E-state index contributed by atoms with van der Waals surface area (Å²) in [5, 5.41) is 0. The molecule has 0 heterocycles. The third-order valence-corrected chi connectivity index (χ3v) is 11.1. The average Bonchev–Trinajstić information content (AvgIpc) is 2.32. The van der Waals surface area contributed by atoms with Gasteiger partial charge in [-0.1, -0.05) is 21.6 Å². The second kappa shape index (κ2) is 9.88. The summed E-state index contributed by atoms with van der Waals surface area (Å²) in [7, 11) is 5.12. The first-order valence-corrected chi connectivity index (χ1v) is 15.4. The average molecular weight is 327 g/mol. The molecule has 0 saturated heterocycles. The molecule has 0 aliphatic rings. The van der Waals surface area contributed by atoms with Crippen molar-refractivity contribution in [3.05, 3.63) is 0 Å². The molecular weight excluding hydrogens is 296 g/mol. The van der Waals surface area contributed by atoms with Crippen molar-refractivity contribution in [3.63, 3.8) is 0 Å². The fraction of sp³-hybridized carbons (Fsp3) is 1.00. The summed E-state index contributed by atoms with van der Waals surface area (Å²) in [6.07, 6.45) is 2.59. The van der Waals surface area contributed by atoms with E-state index in [2.05, 4.69) is 26.2 Å². The Morgan fingerprint density at radius 1 is 0.722 bits per heavy atom. The number of hydrogen-bond donors (Lipinski definition) is 0. The number of hydrogen-bond acceptors (Lipinski definition) is 4. The van der Waals surface area contributed by atoms with Crippen molar-refractivity contribution in [2.24, 2.45) is 0 Å². The minimum absolute atomic E-state index is 1.26. The van der Waals surface area contributed by atoms with Crippen LogP contribution in [-0.2, 0) is 8.85 Å².